The molecule has 0 aliphatic rings. The first-order valence-electron chi connectivity index (χ1n) is 6.85. The van der Waals surface area contributed by atoms with Crippen LogP contribution in [0.15, 0.2) is 28.9 Å². The summed E-state index contributed by atoms with van der Waals surface area (Å²) < 4.78 is 0.835. The lowest BCUT2D eigenvalue weighted by molar-refractivity contribution is 0.825. The summed E-state index contributed by atoms with van der Waals surface area (Å²) in [5, 5.41) is 0. The maximum absolute atomic E-state index is 4.64. The van der Waals surface area contributed by atoms with Gasteiger partial charge < -0.3 is 4.90 Å². The largest absolute Gasteiger partial charge is 0.329 e. The second kappa shape index (κ2) is 6.35. The topological polar surface area (TPSA) is 29.0 Å². The van der Waals surface area contributed by atoms with Gasteiger partial charge in [0.2, 0.25) is 0 Å². The molecule has 106 valence electrons. The monoisotopic (exact) mass is 333 g/mol. The predicted octanol–water partition coefficient (Wildman–Crippen LogP) is 4.58. The van der Waals surface area contributed by atoms with E-state index in [4.69, 9.17) is 0 Å². The number of aryl methyl sites for hydroxylation is 3. The Hall–Kier alpha value is -1.42. The van der Waals surface area contributed by atoms with Gasteiger partial charge in [-0.3, -0.25) is 0 Å². The van der Waals surface area contributed by atoms with E-state index in [1.165, 1.54) is 11.1 Å². The van der Waals surface area contributed by atoms with Crippen molar-refractivity contribution in [3.8, 4) is 0 Å². The molecule has 1 heterocycles. The molecule has 0 saturated carbocycles. The maximum atomic E-state index is 4.64. The van der Waals surface area contributed by atoms with Crippen LogP contribution in [0.2, 0.25) is 0 Å². The molecule has 1 aromatic carbocycles. The number of hydrogen-bond acceptors (Lipinski definition) is 3. The van der Waals surface area contributed by atoms with E-state index in [9.17, 15) is 0 Å². The SMILES string of the molecule is CCCc1nc(Br)cc(N(C)c2cc(C)cc(C)c2)n1. The average molecular weight is 334 g/mol. The Balaban J connectivity index is 2.39. The van der Waals surface area contributed by atoms with Crippen molar-refractivity contribution in [1.29, 1.82) is 0 Å². The number of hydrogen-bond donors (Lipinski definition) is 0. The van der Waals surface area contributed by atoms with Crippen LogP contribution in [-0.2, 0) is 6.42 Å². The number of rotatable bonds is 4. The van der Waals surface area contributed by atoms with Crippen LogP contribution in [0.25, 0.3) is 0 Å². The van der Waals surface area contributed by atoms with Gasteiger partial charge in [-0.1, -0.05) is 13.0 Å². The molecule has 0 saturated heterocycles. The smallest absolute Gasteiger partial charge is 0.137 e. The summed E-state index contributed by atoms with van der Waals surface area (Å²) >= 11 is 3.48. The minimum absolute atomic E-state index is 0.835. The molecule has 0 N–H and O–H groups in total. The van der Waals surface area contributed by atoms with Crippen LogP contribution in [0.5, 0.6) is 0 Å². The molecule has 0 radical (unpaired) electrons. The van der Waals surface area contributed by atoms with E-state index in [1.807, 2.05) is 13.1 Å². The molecule has 0 aliphatic heterocycles. The summed E-state index contributed by atoms with van der Waals surface area (Å²) in [6.45, 7) is 6.36. The highest BCUT2D eigenvalue weighted by Gasteiger charge is 2.09. The number of halogens is 1. The van der Waals surface area contributed by atoms with Gasteiger partial charge in [-0.2, -0.15) is 0 Å². The Morgan fingerprint density at radius 1 is 1.05 bits per heavy atom. The van der Waals surface area contributed by atoms with E-state index >= 15 is 0 Å². The summed E-state index contributed by atoms with van der Waals surface area (Å²) in [5.41, 5.74) is 3.66. The van der Waals surface area contributed by atoms with Gasteiger partial charge in [-0.15, -0.1) is 0 Å². The lowest BCUT2D eigenvalue weighted by Crippen LogP contribution is -2.13. The number of aromatic nitrogens is 2. The fourth-order valence-electron chi connectivity index (χ4n) is 2.24. The van der Waals surface area contributed by atoms with Gasteiger partial charge in [0.15, 0.2) is 0 Å². The zero-order valence-electron chi connectivity index (χ0n) is 12.4. The van der Waals surface area contributed by atoms with Gasteiger partial charge in [-0.25, -0.2) is 9.97 Å². The van der Waals surface area contributed by atoms with Gasteiger partial charge in [0, 0.05) is 25.2 Å². The molecule has 4 heteroatoms. The molecule has 2 rings (SSSR count). The van der Waals surface area contributed by atoms with Crippen LogP contribution >= 0.6 is 15.9 Å². The van der Waals surface area contributed by atoms with Gasteiger partial charge in [-0.05, 0) is 59.5 Å². The molecule has 1 aromatic heterocycles. The van der Waals surface area contributed by atoms with Gasteiger partial charge in [0.05, 0.1) is 0 Å². The fraction of sp³-hybridized carbons (Fsp3) is 0.375. The second-order valence-electron chi connectivity index (χ2n) is 5.12. The van der Waals surface area contributed by atoms with Crippen LogP contribution < -0.4 is 4.90 Å². The molecule has 0 spiro atoms. The Morgan fingerprint density at radius 2 is 1.70 bits per heavy atom. The molecule has 20 heavy (non-hydrogen) atoms. The zero-order valence-corrected chi connectivity index (χ0v) is 14.0. The van der Waals surface area contributed by atoms with E-state index in [0.717, 1.165) is 34.8 Å². The number of nitrogens with zero attached hydrogens (tertiary/aromatic N) is 3. The lowest BCUT2D eigenvalue weighted by Gasteiger charge is -2.20. The highest BCUT2D eigenvalue weighted by Crippen LogP contribution is 2.26. The van der Waals surface area contributed by atoms with Crippen molar-refractivity contribution < 1.29 is 0 Å². The molecule has 0 bridgehead atoms. The van der Waals surface area contributed by atoms with Crippen LogP contribution in [-0.4, -0.2) is 17.0 Å². The maximum Gasteiger partial charge on any atom is 0.137 e. The first-order valence-corrected chi connectivity index (χ1v) is 7.64. The molecule has 3 nitrogen and oxygen atoms in total. The lowest BCUT2D eigenvalue weighted by atomic mass is 10.1. The Bertz CT molecular complexity index is 590. The predicted molar refractivity (Wildman–Crippen MR) is 87.7 cm³/mol. The second-order valence-corrected chi connectivity index (χ2v) is 5.93. The normalized spacial score (nSPS) is 10.7. The van der Waals surface area contributed by atoms with Crippen molar-refractivity contribution >= 4 is 27.4 Å². The first-order chi connectivity index (χ1) is 9.49. The highest BCUT2D eigenvalue weighted by molar-refractivity contribution is 9.10. The molecule has 0 atom stereocenters. The molecule has 0 unspecified atom stereocenters. The van der Waals surface area contributed by atoms with Crippen molar-refractivity contribution in [2.24, 2.45) is 0 Å². The highest BCUT2D eigenvalue weighted by atomic mass is 79.9. The van der Waals surface area contributed by atoms with E-state index in [-0.39, 0.29) is 0 Å². The number of benzene rings is 1. The Morgan fingerprint density at radius 3 is 2.30 bits per heavy atom. The van der Waals surface area contributed by atoms with Crippen molar-refractivity contribution in [3.05, 3.63) is 45.8 Å². The number of anilines is 2. The van der Waals surface area contributed by atoms with E-state index < -0.39 is 0 Å². The van der Waals surface area contributed by atoms with E-state index in [1.54, 1.807) is 0 Å². The summed E-state index contributed by atoms with van der Waals surface area (Å²) in [6.07, 6.45) is 1.94. The molecule has 2 aromatic rings. The van der Waals surface area contributed by atoms with Crippen LogP contribution in [0.3, 0.4) is 0 Å². The van der Waals surface area contributed by atoms with Gasteiger partial charge in [0.25, 0.3) is 0 Å². The Labute approximate surface area is 129 Å². The van der Waals surface area contributed by atoms with Gasteiger partial charge in [0.1, 0.15) is 16.2 Å². The minimum atomic E-state index is 0.835. The summed E-state index contributed by atoms with van der Waals surface area (Å²) in [6, 6.07) is 8.47. The van der Waals surface area contributed by atoms with E-state index in [0.29, 0.717) is 0 Å². The fourth-order valence-corrected chi connectivity index (χ4v) is 2.64. The molecular weight excluding hydrogens is 314 g/mol. The first kappa shape index (κ1) is 15.0. The van der Waals surface area contributed by atoms with Crippen molar-refractivity contribution in [1.82, 2.24) is 9.97 Å². The average Bonchev–Trinajstić information content (AvgIpc) is 2.36. The van der Waals surface area contributed by atoms with Gasteiger partial charge >= 0.3 is 0 Å². The van der Waals surface area contributed by atoms with Crippen molar-refractivity contribution in [2.45, 2.75) is 33.6 Å². The molecule has 0 amide bonds. The summed E-state index contributed by atoms with van der Waals surface area (Å²) in [7, 11) is 2.04. The third-order valence-electron chi connectivity index (χ3n) is 3.14. The zero-order chi connectivity index (χ0) is 14.7. The minimum Gasteiger partial charge on any atom is -0.329 e. The molecule has 0 fully saturated rings. The standard InChI is InChI=1S/C16H20BrN3/c1-5-6-15-18-14(17)10-16(19-15)20(4)13-8-11(2)7-12(3)9-13/h7-10H,5-6H2,1-4H3. The van der Waals surface area contributed by atoms with Crippen molar-refractivity contribution in [3.63, 3.8) is 0 Å². The Kier molecular flexibility index (Phi) is 4.76. The third-order valence-corrected chi connectivity index (χ3v) is 3.54. The van der Waals surface area contributed by atoms with Crippen molar-refractivity contribution in [2.75, 3.05) is 11.9 Å². The van der Waals surface area contributed by atoms with Crippen LogP contribution in [0.1, 0.15) is 30.3 Å². The molecule has 0 aliphatic carbocycles. The third kappa shape index (κ3) is 3.57. The molecular formula is C16H20BrN3. The van der Waals surface area contributed by atoms with Crippen LogP contribution in [0.4, 0.5) is 11.5 Å². The van der Waals surface area contributed by atoms with E-state index in [2.05, 4.69) is 69.8 Å². The summed E-state index contributed by atoms with van der Waals surface area (Å²) in [4.78, 5) is 11.2. The quantitative estimate of drug-likeness (QED) is 0.767. The summed E-state index contributed by atoms with van der Waals surface area (Å²) in [5.74, 6) is 1.80. The van der Waals surface area contributed by atoms with Crippen LogP contribution in [0, 0.1) is 13.8 Å².